The number of amidine groups is 1. The molecule has 148 valence electrons. The predicted octanol–water partition coefficient (Wildman–Crippen LogP) is 3.97. The molecule has 0 aromatic heterocycles. The Bertz CT molecular complexity index is 973. The largest absolute Gasteiger partial charge is 0.355 e. The van der Waals surface area contributed by atoms with Crippen molar-refractivity contribution in [1.29, 1.82) is 0 Å². The predicted molar refractivity (Wildman–Crippen MR) is 114 cm³/mol. The van der Waals surface area contributed by atoms with Crippen LogP contribution in [0.15, 0.2) is 65.3 Å². The van der Waals surface area contributed by atoms with Gasteiger partial charge in [-0.05, 0) is 48.7 Å². The summed E-state index contributed by atoms with van der Waals surface area (Å²) >= 11 is 1.28. The summed E-state index contributed by atoms with van der Waals surface area (Å²) in [6.45, 7) is 0.669. The Morgan fingerprint density at radius 3 is 2.59 bits per heavy atom. The minimum atomic E-state index is -0.380. The first-order valence-corrected chi connectivity index (χ1v) is 10.4. The molecular formula is C22H20FN3O2S. The third-order valence-corrected chi connectivity index (χ3v) is 5.97. The standard InChI is InChI=1S/C22H20FN3O2S/c23-16-9-11-17(12-10-16)26-21(28)18(14-15-6-2-1-3-7-15)25-22(26)29-19-8-4-5-13-24-20(19)27/h1-3,6-7,9-12,14,19H,4-5,8,13H2,(H,24,27)/b18-14-/t19-/m1/s1. The van der Waals surface area contributed by atoms with E-state index in [9.17, 15) is 14.0 Å². The van der Waals surface area contributed by atoms with Crippen LogP contribution in [-0.4, -0.2) is 28.8 Å². The highest BCUT2D eigenvalue weighted by Gasteiger charge is 2.35. The fourth-order valence-electron chi connectivity index (χ4n) is 3.25. The van der Waals surface area contributed by atoms with Gasteiger partial charge < -0.3 is 5.32 Å². The van der Waals surface area contributed by atoms with Gasteiger partial charge in [-0.3, -0.25) is 14.5 Å². The Labute approximate surface area is 172 Å². The fourth-order valence-corrected chi connectivity index (χ4v) is 4.43. The summed E-state index contributed by atoms with van der Waals surface area (Å²) in [6.07, 6.45) is 4.31. The van der Waals surface area contributed by atoms with E-state index in [1.807, 2.05) is 30.3 Å². The number of nitrogens with one attached hydrogen (secondary N) is 1. The molecule has 0 radical (unpaired) electrons. The third kappa shape index (κ3) is 4.40. The highest BCUT2D eigenvalue weighted by molar-refractivity contribution is 8.15. The summed E-state index contributed by atoms with van der Waals surface area (Å²) in [6, 6.07) is 15.2. The van der Waals surface area contributed by atoms with Crippen molar-refractivity contribution in [3.63, 3.8) is 0 Å². The summed E-state index contributed by atoms with van der Waals surface area (Å²) in [4.78, 5) is 31.5. The van der Waals surface area contributed by atoms with E-state index in [2.05, 4.69) is 10.3 Å². The van der Waals surface area contributed by atoms with Crippen molar-refractivity contribution in [3.8, 4) is 0 Å². The average molecular weight is 409 g/mol. The van der Waals surface area contributed by atoms with E-state index >= 15 is 0 Å². The molecule has 1 saturated heterocycles. The smallest absolute Gasteiger partial charge is 0.283 e. The number of aliphatic imine (C=N–C) groups is 1. The zero-order chi connectivity index (χ0) is 20.2. The van der Waals surface area contributed by atoms with Crippen LogP contribution in [0.25, 0.3) is 6.08 Å². The molecule has 4 rings (SSSR count). The highest BCUT2D eigenvalue weighted by atomic mass is 32.2. The molecule has 2 aromatic rings. The summed E-state index contributed by atoms with van der Waals surface area (Å²) in [5.41, 5.74) is 1.67. The Hall–Kier alpha value is -2.93. The maximum absolute atomic E-state index is 13.4. The maximum Gasteiger partial charge on any atom is 0.283 e. The molecule has 1 fully saturated rings. The van der Waals surface area contributed by atoms with E-state index in [-0.39, 0.29) is 28.6 Å². The van der Waals surface area contributed by atoms with Crippen LogP contribution >= 0.6 is 11.8 Å². The van der Waals surface area contributed by atoms with Crippen molar-refractivity contribution in [2.45, 2.75) is 24.5 Å². The van der Waals surface area contributed by atoms with Crippen molar-refractivity contribution >= 4 is 40.5 Å². The first-order valence-electron chi connectivity index (χ1n) is 9.51. The first kappa shape index (κ1) is 19.4. The van der Waals surface area contributed by atoms with E-state index in [1.165, 1.54) is 28.8 Å². The number of hydrogen-bond acceptors (Lipinski definition) is 4. The molecule has 1 N–H and O–H groups in total. The van der Waals surface area contributed by atoms with Crippen LogP contribution in [0.4, 0.5) is 10.1 Å². The second-order valence-electron chi connectivity index (χ2n) is 6.84. The van der Waals surface area contributed by atoms with E-state index in [1.54, 1.807) is 18.2 Å². The van der Waals surface area contributed by atoms with Crippen LogP contribution in [0.5, 0.6) is 0 Å². The minimum absolute atomic E-state index is 0.0396. The first-order chi connectivity index (χ1) is 14.1. The van der Waals surface area contributed by atoms with Crippen LogP contribution in [-0.2, 0) is 9.59 Å². The number of benzene rings is 2. The van der Waals surface area contributed by atoms with Gasteiger partial charge in [-0.2, -0.15) is 0 Å². The van der Waals surface area contributed by atoms with Gasteiger partial charge in [-0.15, -0.1) is 0 Å². The van der Waals surface area contributed by atoms with E-state index in [0.717, 1.165) is 24.8 Å². The fraction of sp³-hybridized carbons (Fsp3) is 0.227. The van der Waals surface area contributed by atoms with Crippen LogP contribution in [0.3, 0.4) is 0 Å². The SMILES string of the molecule is O=C1NCCCC[C@H]1SC1=N/C(=C\c2ccccc2)C(=O)N1c1ccc(F)cc1. The van der Waals surface area contributed by atoms with Crippen molar-refractivity contribution < 1.29 is 14.0 Å². The van der Waals surface area contributed by atoms with Gasteiger partial charge in [0.1, 0.15) is 11.5 Å². The summed E-state index contributed by atoms with van der Waals surface area (Å²) < 4.78 is 13.4. The van der Waals surface area contributed by atoms with Gasteiger partial charge in [-0.1, -0.05) is 48.5 Å². The normalized spacial score (nSPS) is 21.1. The zero-order valence-corrected chi connectivity index (χ0v) is 16.5. The lowest BCUT2D eigenvalue weighted by atomic mass is 10.2. The Morgan fingerprint density at radius 1 is 1.07 bits per heavy atom. The number of hydrogen-bond donors (Lipinski definition) is 1. The molecule has 0 saturated carbocycles. The van der Waals surface area contributed by atoms with Crippen molar-refractivity contribution in [1.82, 2.24) is 5.32 Å². The number of carbonyl (C=O) groups is 2. The lowest BCUT2D eigenvalue weighted by Gasteiger charge is -2.20. The van der Waals surface area contributed by atoms with Gasteiger partial charge in [0, 0.05) is 6.54 Å². The molecule has 29 heavy (non-hydrogen) atoms. The molecule has 2 amide bonds. The number of thioether (sulfide) groups is 1. The second-order valence-corrected chi connectivity index (χ2v) is 8.01. The highest BCUT2D eigenvalue weighted by Crippen LogP contribution is 2.33. The number of anilines is 1. The molecule has 2 aliphatic heterocycles. The quantitative estimate of drug-likeness (QED) is 0.781. The van der Waals surface area contributed by atoms with Gasteiger partial charge in [0.2, 0.25) is 5.91 Å². The molecule has 5 nitrogen and oxygen atoms in total. The Kier molecular flexibility index (Phi) is 5.76. The van der Waals surface area contributed by atoms with E-state index in [4.69, 9.17) is 0 Å². The van der Waals surface area contributed by atoms with Gasteiger partial charge in [-0.25, -0.2) is 9.38 Å². The van der Waals surface area contributed by atoms with Crippen LogP contribution in [0.2, 0.25) is 0 Å². The van der Waals surface area contributed by atoms with Crippen molar-refractivity contribution in [2.75, 3.05) is 11.4 Å². The minimum Gasteiger partial charge on any atom is -0.355 e. The lowest BCUT2D eigenvalue weighted by Crippen LogP contribution is -2.35. The van der Waals surface area contributed by atoms with Gasteiger partial charge in [0.05, 0.1) is 10.9 Å². The monoisotopic (exact) mass is 409 g/mol. The number of carbonyl (C=O) groups excluding carboxylic acids is 2. The Balaban J connectivity index is 1.69. The number of halogens is 1. The molecule has 2 aromatic carbocycles. The third-order valence-electron chi connectivity index (χ3n) is 4.75. The second kappa shape index (κ2) is 8.61. The summed E-state index contributed by atoms with van der Waals surface area (Å²) in [5, 5.41) is 3.03. The average Bonchev–Trinajstić information content (AvgIpc) is 2.88. The summed E-state index contributed by atoms with van der Waals surface area (Å²) in [5.74, 6) is -0.714. The number of rotatable bonds is 3. The van der Waals surface area contributed by atoms with Crippen LogP contribution < -0.4 is 10.2 Å². The molecule has 2 heterocycles. The number of amides is 2. The topological polar surface area (TPSA) is 61.8 Å². The molecule has 7 heteroatoms. The van der Waals surface area contributed by atoms with Gasteiger partial charge in [0.25, 0.3) is 5.91 Å². The van der Waals surface area contributed by atoms with E-state index < -0.39 is 0 Å². The van der Waals surface area contributed by atoms with E-state index in [0.29, 0.717) is 17.4 Å². The molecular weight excluding hydrogens is 389 g/mol. The zero-order valence-electron chi connectivity index (χ0n) is 15.7. The molecule has 1 atom stereocenters. The molecule has 0 bridgehead atoms. The molecule has 0 spiro atoms. The maximum atomic E-state index is 13.4. The van der Waals surface area contributed by atoms with Crippen molar-refractivity contribution in [2.24, 2.45) is 4.99 Å². The van der Waals surface area contributed by atoms with Crippen molar-refractivity contribution in [3.05, 3.63) is 71.7 Å². The van der Waals surface area contributed by atoms with Crippen LogP contribution in [0.1, 0.15) is 24.8 Å². The Morgan fingerprint density at radius 2 is 1.83 bits per heavy atom. The number of nitrogens with zero attached hydrogens (tertiary/aromatic N) is 2. The molecule has 0 unspecified atom stereocenters. The van der Waals surface area contributed by atoms with Gasteiger partial charge >= 0.3 is 0 Å². The van der Waals surface area contributed by atoms with Crippen LogP contribution in [0, 0.1) is 5.82 Å². The summed E-state index contributed by atoms with van der Waals surface area (Å²) in [7, 11) is 0. The van der Waals surface area contributed by atoms with Gasteiger partial charge in [0.15, 0.2) is 5.17 Å². The molecule has 2 aliphatic rings. The lowest BCUT2D eigenvalue weighted by molar-refractivity contribution is -0.120. The molecule has 0 aliphatic carbocycles.